The first-order valence-electron chi connectivity index (χ1n) is 6.63. The number of ether oxygens (including phenoxy) is 1. The number of hydrogen-bond acceptors (Lipinski definition) is 4. The fourth-order valence-corrected chi connectivity index (χ4v) is 2.19. The second kappa shape index (κ2) is 6.36. The number of rotatable bonds is 8. The highest BCUT2D eigenvalue weighted by Gasteiger charge is 2.43. The second-order valence-electron chi connectivity index (χ2n) is 5.34. The molecule has 0 unspecified atom stereocenters. The Kier molecular flexibility index (Phi) is 5.40. The van der Waals surface area contributed by atoms with Gasteiger partial charge in [-0.05, 0) is 52.0 Å². The van der Waals surface area contributed by atoms with E-state index >= 15 is 0 Å². The van der Waals surface area contributed by atoms with Gasteiger partial charge in [0.1, 0.15) is 0 Å². The molecule has 1 aliphatic carbocycles. The van der Waals surface area contributed by atoms with Gasteiger partial charge in [-0.25, -0.2) is 0 Å². The Bertz CT molecular complexity index is 250. The summed E-state index contributed by atoms with van der Waals surface area (Å²) in [5.41, 5.74) is 6.03. The van der Waals surface area contributed by atoms with Crippen LogP contribution in [-0.4, -0.2) is 43.2 Å². The zero-order valence-corrected chi connectivity index (χ0v) is 11.4. The predicted octanol–water partition coefficient (Wildman–Crippen LogP) is 1.39. The van der Waals surface area contributed by atoms with E-state index in [0.717, 1.165) is 19.5 Å². The van der Waals surface area contributed by atoms with Gasteiger partial charge in [-0.15, -0.1) is 0 Å². The van der Waals surface area contributed by atoms with Crippen LogP contribution >= 0.6 is 0 Å². The predicted molar refractivity (Wildman–Crippen MR) is 68.7 cm³/mol. The lowest BCUT2D eigenvalue weighted by Crippen LogP contribution is -2.40. The molecule has 1 rings (SSSR count). The standard InChI is InChI=1S/C13H26N2O2/c1-4-17-12(16)9-15(11(2)3)10-13(5-6-13)7-8-14/h11H,4-10,14H2,1-3H3. The van der Waals surface area contributed by atoms with Crippen LogP contribution in [0.15, 0.2) is 0 Å². The molecule has 0 atom stereocenters. The van der Waals surface area contributed by atoms with Gasteiger partial charge in [0.25, 0.3) is 0 Å². The molecule has 17 heavy (non-hydrogen) atoms. The maximum absolute atomic E-state index is 11.5. The normalized spacial score (nSPS) is 17.5. The Morgan fingerprint density at radius 1 is 1.47 bits per heavy atom. The monoisotopic (exact) mass is 242 g/mol. The Morgan fingerprint density at radius 3 is 2.53 bits per heavy atom. The zero-order chi connectivity index (χ0) is 12.9. The van der Waals surface area contributed by atoms with E-state index in [1.165, 1.54) is 12.8 Å². The molecule has 0 aromatic heterocycles. The molecule has 1 saturated carbocycles. The van der Waals surface area contributed by atoms with Crippen molar-refractivity contribution in [3.05, 3.63) is 0 Å². The maximum atomic E-state index is 11.5. The molecule has 0 bridgehead atoms. The SMILES string of the molecule is CCOC(=O)CN(CC1(CCN)CC1)C(C)C. The number of nitrogens with zero attached hydrogens (tertiary/aromatic N) is 1. The van der Waals surface area contributed by atoms with Crippen molar-refractivity contribution in [2.24, 2.45) is 11.1 Å². The summed E-state index contributed by atoms with van der Waals surface area (Å²) < 4.78 is 5.01. The molecule has 0 aromatic carbocycles. The summed E-state index contributed by atoms with van der Waals surface area (Å²) in [5, 5.41) is 0. The van der Waals surface area contributed by atoms with Gasteiger partial charge in [0, 0.05) is 12.6 Å². The number of carbonyl (C=O) groups is 1. The Morgan fingerprint density at radius 2 is 2.12 bits per heavy atom. The van der Waals surface area contributed by atoms with E-state index in [1.54, 1.807) is 0 Å². The highest BCUT2D eigenvalue weighted by molar-refractivity contribution is 5.71. The third-order valence-corrected chi connectivity index (χ3v) is 3.54. The van der Waals surface area contributed by atoms with E-state index in [2.05, 4.69) is 18.7 Å². The topological polar surface area (TPSA) is 55.6 Å². The summed E-state index contributed by atoms with van der Waals surface area (Å²) in [5.74, 6) is -0.121. The van der Waals surface area contributed by atoms with Crippen molar-refractivity contribution in [2.45, 2.75) is 46.1 Å². The average Bonchev–Trinajstić information content (AvgIpc) is 2.98. The molecule has 0 aromatic rings. The molecule has 0 heterocycles. The van der Waals surface area contributed by atoms with E-state index in [1.807, 2.05) is 6.92 Å². The summed E-state index contributed by atoms with van der Waals surface area (Å²) in [6.07, 6.45) is 3.56. The number of esters is 1. The van der Waals surface area contributed by atoms with Crippen LogP contribution in [0.25, 0.3) is 0 Å². The average molecular weight is 242 g/mol. The lowest BCUT2D eigenvalue weighted by Gasteiger charge is -2.29. The molecule has 4 heteroatoms. The molecule has 0 radical (unpaired) electrons. The number of carbonyl (C=O) groups excluding carboxylic acids is 1. The van der Waals surface area contributed by atoms with Crippen LogP contribution in [-0.2, 0) is 9.53 Å². The molecule has 1 fully saturated rings. The van der Waals surface area contributed by atoms with Crippen LogP contribution in [0.4, 0.5) is 0 Å². The third-order valence-electron chi connectivity index (χ3n) is 3.54. The lowest BCUT2D eigenvalue weighted by atomic mass is 10.0. The first kappa shape index (κ1) is 14.5. The largest absolute Gasteiger partial charge is 0.465 e. The summed E-state index contributed by atoms with van der Waals surface area (Å²) in [6, 6.07) is 0.370. The first-order valence-corrected chi connectivity index (χ1v) is 6.63. The van der Waals surface area contributed by atoms with E-state index in [-0.39, 0.29) is 5.97 Å². The van der Waals surface area contributed by atoms with Crippen LogP contribution in [0.2, 0.25) is 0 Å². The van der Waals surface area contributed by atoms with Gasteiger partial charge in [-0.3, -0.25) is 9.69 Å². The minimum atomic E-state index is -0.121. The van der Waals surface area contributed by atoms with Crippen molar-refractivity contribution in [3.63, 3.8) is 0 Å². The van der Waals surface area contributed by atoms with Crippen LogP contribution in [0.3, 0.4) is 0 Å². The molecule has 2 N–H and O–H groups in total. The maximum Gasteiger partial charge on any atom is 0.320 e. The van der Waals surface area contributed by atoms with E-state index in [4.69, 9.17) is 10.5 Å². The quantitative estimate of drug-likeness (QED) is 0.654. The molecule has 0 aliphatic heterocycles. The van der Waals surface area contributed by atoms with E-state index in [9.17, 15) is 4.79 Å². The van der Waals surface area contributed by atoms with Crippen LogP contribution in [0, 0.1) is 5.41 Å². The van der Waals surface area contributed by atoms with Gasteiger partial charge in [-0.2, -0.15) is 0 Å². The molecule has 0 amide bonds. The van der Waals surface area contributed by atoms with Crippen molar-refractivity contribution >= 4 is 5.97 Å². The Labute approximate surface area is 104 Å². The molecular formula is C13H26N2O2. The van der Waals surface area contributed by atoms with Crippen molar-refractivity contribution in [1.82, 2.24) is 4.90 Å². The van der Waals surface area contributed by atoms with Crippen molar-refractivity contribution in [2.75, 3.05) is 26.2 Å². The van der Waals surface area contributed by atoms with E-state index in [0.29, 0.717) is 24.6 Å². The summed E-state index contributed by atoms with van der Waals surface area (Å²) in [6.45, 7) is 8.66. The minimum absolute atomic E-state index is 0.121. The van der Waals surface area contributed by atoms with Crippen LogP contribution in [0.5, 0.6) is 0 Å². The number of nitrogens with two attached hydrogens (primary N) is 1. The van der Waals surface area contributed by atoms with Gasteiger partial charge in [0.2, 0.25) is 0 Å². The Hall–Kier alpha value is -0.610. The molecule has 1 aliphatic rings. The molecule has 4 nitrogen and oxygen atoms in total. The molecule has 0 saturated heterocycles. The van der Waals surface area contributed by atoms with Crippen molar-refractivity contribution in [1.29, 1.82) is 0 Å². The lowest BCUT2D eigenvalue weighted by molar-refractivity contribution is -0.145. The smallest absolute Gasteiger partial charge is 0.320 e. The van der Waals surface area contributed by atoms with Gasteiger partial charge in [0.05, 0.1) is 13.2 Å². The highest BCUT2D eigenvalue weighted by Crippen LogP contribution is 2.49. The van der Waals surface area contributed by atoms with Crippen molar-refractivity contribution in [3.8, 4) is 0 Å². The molecule has 100 valence electrons. The van der Waals surface area contributed by atoms with Gasteiger partial charge >= 0.3 is 5.97 Å². The molecule has 0 spiro atoms. The molecular weight excluding hydrogens is 216 g/mol. The summed E-state index contributed by atoms with van der Waals surface area (Å²) in [7, 11) is 0. The fraction of sp³-hybridized carbons (Fsp3) is 0.923. The van der Waals surface area contributed by atoms with Gasteiger partial charge in [-0.1, -0.05) is 0 Å². The zero-order valence-electron chi connectivity index (χ0n) is 11.4. The van der Waals surface area contributed by atoms with Crippen LogP contribution in [0.1, 0.15) is 40.0 Å². The minimum Gasteiger partial charge on any atom is -0.465 e. The van der Waals surface area contributed by atoms with E-state index < -0.39 is 0 Å². The summed E-state index contributed by atoms with van der Waals surface area (Å²) >= 11 is 0. The number of hydrogen-bond donors (Lipinski definition) is 1. The van der Waals surface area contributed by atoms with Gasteiger partial charge in [0.15, 0.2) is 0 Å². The van der Waals surface area contributed by atoms with Crippen LogP contribution < -0.4 is 5.73 Å². The third kappa shape index (κ3) is 4.64. The summed E-state index contributed by atoms with van der Waals surface area (Å²) in [4.78, 5) is 13.7. The first-order chi connectivity index (χ1) is 8.03. The Balaban J connectivity index is 2.46. The van der Waals surface area contributed by atoms with Crippen molar-refractivity contribution < 1.29 is 9.53 Å². The highest BCUT2D eigenvalue weighted by atomic mass is 16.5. The fourth-order valence-electron chi connectivity index (χ4n) is 2.19. The van der Waals surface area contributed by atoms with Gasteiger partial charge < -0.3 is 10.5 Å². The second-order valence-corrected chi connectivity index (χ2v) is 5.34.